The van der Waals surface area contributed by atoms with Gasteiger partial charge < -0.3 is 24.8 Å². The Kier molecular flexibility index (Phi) is 5.72. The van der Waals surface area contributed by atoms with Gasteiger partial charge in [0.05, 0.1) is 38.5 Å². The second-order valence-corrected chi connectivity index (χ2v) is 6.00. The predicted octanol–water partition coefficient (Wildman–Crippen LogP) is 1.42. The summed E-state index contributed by atoms with van der Waals surface area (Å²) < 4.78 is 15.7. The van der Waals surface area contributed by atoms with Gasteiger partial charge in [-0.05, 0) is 24.6 Å². The van der Waals surface area contributed by atoms with Crippen molar-refractivity contribution in [2.24, 2.45) is 0 Å². The summed E-state index contributed by atoms with van der Waals surface area (Å²) in [5.74, 6) is 0. The van der Waals surface area contributed by atoms with Crippen molar-refractivity contribution in [1.29, 1.82) is 0 Å². The smallest absolute Gasteiger partial charge is 0.414 e. The minimum atomic E-state index is -0.342. The highest BCUT2D eigenvalue weighted by Gasteiger charge is 2.24. The van der Waals surface area contributed by atoms with Crippen LogP contribution in [0.25, 0.3) is 0 Å². The predicted molar refractivity (Wildman–Crippen MR) is 90.6 cm³/mol. The monoisotopic (exact) mass is 349 g/mol. The summed E-state index contributed by atoms with van der Waals surface area (Å²) >= 11 is 0. The van der Waals surface area contributed by atoms with Crippen molar-refractivity contribution >= 4 is 17.8 Å². The van der Waals surface area contributed by atoms with Gasteiger partial charge in [-0.15, -0.1) is 0 Å². The molecule has 0 spiro atoms. The Bertz CT molecular complexity index is 618. The van der Waals surface area contributed by atoms with Crippen LogP contribution in [0.4, 0.5) is 15.3 Å². The molecule has 0 radical (unpaired) electrons. The number of carbonyl (C=O) groups is 2. The normalized spacial score (nSPS) is 21.6. The van der Waals surface area contributed by atoms with Crippen molar-refractivity contribution in [2.45, 2.75) is 19.1 Å². The maximum absolute atomic E-state index is 12.1. The maximum atomic E-state index is 12.1. The molecule has 2 N–H and O–H groups in total. The first-order valence-corrected chi connectivity index (χ1v) is 8.41. The molecule has 3 amide bonds. The summed E-state index contributed by atoms with van der Waals surface area (Å²) in [4.78, 5) is 25.3. The highest BCUT2D eigenvalue weighted by Crippen LogP contribution is 2.23. The van der Waals surface area contributed by atoms with E-state index < -0.39 is 0 Å². The second kappa shape index (κ2) is 8.17. The van der Waals surface area contributed by atoms with E-state index in [2.05, 4.69) is 10.6 Å². The number of hydrogen-bond donors (Lipinski definition) is 2. The lowest BCUT2D eigenvalue weighted by Gasteiger charge is -2.24. The summed E-state index contributed by atoms with van der Waals surface area (Å²) in [5.41, 5.74) is 1.67. The number of nitrogens with zero attached hydrogens (tertiary/aromatic N) is 1. The Hall–Kier alpha value is -2.32. The van der Waals surface area contributed by atoms with Gasteiger partial charge in [0.25, 0.3) is 0 Å². The molecule has 0 bridgehead atoms. The lowest BCUT2D eigenvalue weighted by molar-refractivity contribution is -0.0853. The average molecular weight is 349 g/mol. The van der Waals surface area contributed by atoms with Gasteiger partial charge in [-0.2, -0.15) is 0 Å². The van der Waals surface area contributed by atoms with Gasteiger partial charge >= 0.3 is 12.1 Å². The van der Waals surface area contributed by atoms with E-state index in [-0.39, 0.29) is 24.3 Å². The second-order valence-electron chi connectivity index (χ2n) is 6.00. The number of benzene rings is 1. The van der Waals surface area contributed by atoms with Gasteiger partial charge in [-0.1, -0.05) is 12.1 Å². The lowest BCUT2D eigenvalue weighted by Crippen LogP contribution is -2.44. The summed E-state index contributed by atoms with van der Waals surface area (Å²) in [6, 6.07) is 7.03. The van der Waals surface area contributed by atoms with E-state index in [1.807, 2.05) is 31.2 Å². The zero-order valence-electron chi connectivity index (χ0n) is 14.2. The van der Waals surface area contributed by atoms with E-state index >= 15 is 0 Å². The van der Waals surface area contributed by atoms with Crippen LogP contribution in [-0.2, 0) is 14.2 Å². The van der Waals surface area contributed by atoms with E-state index in [0.717, 1.165) is 11.3 Å². The van der Waals surface area contributed by atoms with E-state index in [4.69, 9.17) is 14.2 Å². The molecule has 0 aromatic heterocycles. The number of hydrogen-bond acceptors (Lipinski definition) is 5. The number of rotatable bonds is 5. The fraction of sp³-hybridized carbons (Fsp3) is 0.529. The van der Waals surface area contributed by atoms with Gasteiger partial charge in [0.15, 0.2) is 0 Å². The molecule has 2 heterocycles. The Morgan fingerprint density at radius 2 is 2.24 bits per heavy atom. The van der Waals surface area contributed by atoms with Crippen molar-refractivity contribution in [3.63, 3.8) is 0 Å². The third-order valence-corrected chi connectivity index (χ3v) is 4.17. The van der Waals surface area contributed by atoms with Crippen LogP contribution in [0, 0.1) is 0 Å². The van der Waals surface area contributed by atoms with E-state index in [0.29, 0.717) is 39.5 Å². The van der Waals surface area contributed by atoms with Gasteiger partial charge in [0.1, 0.15) is 6.61 Å². The zero-order chi connectivity index (χ0) is 17.6. The molecule has 0 saturated carbocycles. The number of urea groups is 1. The highest BCUT2D eigenvalue weighted by molar-refractivity contribution is 5.89. The molecule has 2 saturated heterocycles. The fourth-order valence-corrected chi connectivity index (χ4v) is 2.78. The van der Waals surface area contributed by atoms with Gasteiger partial charge in [0, 0.05) is 12.2 Å². The summed E-state index contributed by atoms with van der Waals surface area (Å²) in [5, 5.41) is 5.67. The summed E-state index contributed by atoms with van der Waals surface area (Å²) in [6.45, 7) is 4.86. The Labute approximate surface area is 146 Å². The first-order chi connectivity index (χ1) is 12.1. The van der Waals surface area contributed by atoms with Crippen LogP contribution in [0.1, 0.15) is 18.5 Å². The molecule has 8 heteroatoms. The first kappa shape index (κ1) is 17.5. The summed E-state index contributed by atoms with van der Waals surface area (Å²) in [7, 11) is 0. The van der Waals surface area contributed by atoms with Crippen LogP contribution < -0.4 is 15.5 Å². The fourth-order valence-electron chi connectivity index (χ4n) is 2.78. The third kappa shape index (κ3) is 4.61. The third-order valence-electron chi connectivity index (χ3n) is 4.17. The quantitative estimate of drug-likeness (QED) is 0.839. The highest BCUT2D eigenvalue weighted by atomic mass is 16.6. The van der Waals surface area contributed by atoms with E-state index in [1.165, 1.54) is 0 Å². The van der Waals surface area contributed by atoms with Crippen LogP contribution in [0.2, 0.25) is 0 Å². The molecule has 136 valence electrons. The molecule has 0 unspecified atom stereocenters. The molecule has 2 fully saturated rings. The van der Waals surface area contributed by atoms with Crippen LogP contribution in [0.15, 0.2) is 24.3 Å². The minimum Gasteiger partial charge on any atom is -0.447 e. The molecule has 2 atom stereocenters. The van der Waals surface area contributed by atoms with Gasteiger partial charge in [0.2, 0.25) is 0 Å². The van der Waals surface area contributed by atoms with Crippen LogP contribution in [0.3, 0.4) is 0 Å². The largest absolute Gasteiger partial charge is 0.447 e. The van der Waals surface area contributed by atoms with Gasteiger partial charge in [-0.25, -0.2) is 9.59 Å². The lowest BCUT2D eigenvalue weighted by atomic mass is 10.1. The zero-order valence-corrected chi connectivity index (χ0v) is 14.2. The van der Waals surface area contributed by atoms with Crippen molar-refractivity contribution < 1.29 is 23.8 Å². The van der Waals surface area contributed by atoms with Crippen molar-refractivity contribution in [3.05, 3.63) is 29.8 Å². The van der Waals surface area contributed by atoms with E-state index in [1.54, 1.807) is 4.90 Å². The average Bonchev–Trinajstić information content (AvgIpc) is 3.07. The number of anilines is 1. The Morgan fingerprint density at radius 1 is 1.36 bits per heavy atom. The standard InChI is InChI=1S/C17H23N3O5/c1-12(19-16(21)18-10-15-11-23-7-8-24-15)13-3-2-4-14(9-13)20-5-6-25-17(20)22/h2-4,9,12,15H,5-8,10-11H2,1H3,(H2,18,19,21)/t12-,15-/m0/s1. The molecular weight excluding hydrogens is 326 g/mol. The topological polar surface area (TPSA) is 89.1 Å². The molecule has 8 nitrogen and oxygen atoms in total. The van der Waals surface area contributed by atoms with Crippen molar-refractivity contribution in [3.8, 4) is 0 Å². The van der Waals surface area contributed by atoms with Crippen molar-refractivity contribution in [2.75, 3.05) is 44.4 Å². The van der Waals surface area contributed by atoms with Crippen LogP contribution in [-0.4, -0.2) is 57.7 Å². The number of amides is 3. The molecule has 0 aliphatic carbocycles. The molecule has 1 aromatic rings. The molecule has 2 aliphatic heterocycles. The number of carbonyl (C=O) groups excluding carboxylic acids is 2. The molecule has 1 aromatic carbocycles. The number of nitrogens with one attached hydrogen (secondary N) is 2. The number of ether oxygens (including phenoxy) is 3. The Morgan fingerprint density at radius 3 is 2.96 bits per heavy atom. The minimum absolute atomic E-state index is 0.112. The molecule has 2 aliphatic rings. The van der Waals surface area contributed by atoms with E-state index in [9.17, 15) is 9.59 Å². The molecule has 25 heavy (non-hydrogen) atoms. The van der Waals surface area contributed by atoms with Gasteiger partial charge in [-0.3, -0.25) is 4.90 Å². The summed E-state index contributed by atoms with van der Waals surface area (Å²) in [6.07, 6.45) is -0.454. The first-order valence-electron chi connectivity index (χ1n) is 8.41. The Balaban J connectivity index is 1.52. The number of cyclic esters (lactones) is 1. The SMILES string of the molecule is C[C@H](NC(=O)NC[C@H]1COCCO1)c1cccc(N2CCOC2=O)c1. The maximum Gasteiger partial charge on any atom is 0.414 e. The molecule has 3 rings (SSSR count). The molecular formula is C17H23N3O5. The van der Waals surface area contributed by atoms with Crippen LogP contribution in [0.5, 0.6) is 0 Å². The van der Waals surface area contributed by atoms with Crippen molar-refractivity contribution in [1.82, 2.24) is 10.6 Å². The van der Waals surface area contributed by atoms with Crippen LogP contribution >= 0.6 is 0 Å².